The molecule has 0 radical (unpaired) electrons. The second kappa shape index (κ2) is 10.6. The van der Waals surface area contributed by atoms with E-state index in [0.717, 1.165) is 55.4 Å². The molecule has 0 spiro atoms. The molecule has 0 aliphatic rings. The quantitative estimate of drug-likeness (QED) is 0.142. The van der Waals surface area contributed by atoms with E-state index in [1.807, 2.05) is 18.2 Å². The lowest BCUT2D eigenvalue weighted by molar-refractivity contribution is 1.18. The van der Waals surface area contributed by atoms with Crippen LogP contribution >= 0.6 is 0 Å². The van der Waals surface area contributed by atoms with E-state index in [4.69, 9.17) is 11.6 Å². The van der Waals surface area contributed by atoms with Crippen molar-refractivity contribution in [3.05, 3.63) is 175 Å². The summed E-state index contributed by atoms with van der Waals surface area (Å²) in [5.41, 5.74) is 9.30. The largest absolute Gasteiger partial charge is 0.309 e. The van der Waals surface area contributed by atoms with Crippen LogP contribution in [0.15, 0.2) is 164 Å². The van der Waals surface area contributed by atoms with Crippen LogP contribution in [0.3, 0.4) is 0 Å². The van der Waals surface area contributed by atoms with Crippen LogP contribution in [0.4, 0.5) is 5.69 Å². The summed E-state index contributed by atoms with van der Waals surface area (Å²) in [4.78, 5) is 9.07. The van der Waals surface area contributed by atoms with Gasteiger partial charge in [-0.3, -0.25) is 0 Å². The topological polar surface area (TPSA) is 22.2 Å². The number of para-hydroxylation sites is 2. The molecule has 10 aromatic rings. The Hall–Kier alpha value is -6.76. The van der Waals surface area contributed by atoms with Gasteiger partial charge in [0.25, 0.3) is 0 Å². The van der Waals surface area contributed by atoms with Crippen LogP contribution in [0.25, 0.3) is 97.9 Å². The highest BCUT2D eigenvalue weighted by atomic mass is 15.0. The highest BCUT2D eigenvalue weighted by Gasteiger charge is 2.18. The smallest absolute Gasteiger partial charge is 0.188 e. The maximum atomic E-state index is 7.66. The van der Waals surface area contributed by atoms with E-state index in [1.54, 1.807) is 0 Å². The van der Waals surface area contributed by atoms with Gasteiger partial charge in [-0.1, -0.05) is 121 Å². The SMILES string of the molecule is [C-]#[N+]c1ccc2c(c1)c1cc(-c3ccc(-c4nc5ccccc5c5c6ccccc6c6ccccc6c45)cc3)ccc1n2-c1ccccc1. The zero-order chi connectivity index (χ0) is 32.5. The molecule has 0 amide bonds. The van der Waals surface area contributed by atoms with Gasteiger partial charge in [0, 0.05) is 32.8 Å². The van der Waals surface area contributed by atoms with Crippen LogP contribution in [-0.4, -0.2) is 9.55 Å². The monoisotopic (exact) mass is 621 g/mol. The first kappa shape index (κ1) is 27.4. The molecule has 2 aromatic heterocycles. The van der Waals surface area contributed by atoms with Gasteiger partial charge in [0.2, 0.25) is 0 Å². The Labute approximate surface area is 282 Å². The molecule has 0 saturated carbocycles. The summed E-state index contributed by atoms with van der Waals surface area (Å²) in [5, 5.41) is 10.8. The maximum Gasteiger partial charge on any atom is 0.188 e. The second-order valence-electron chi connectivity index (χ2n) is 12.6. The van der Waals surface area contributed by atoms with Crippen molar-refractivity contribution in [1.82, 2.24) is 9.55 Å². The van der Waals surface area contributed by atoms with E-state index < -0.39 is 0 Å². The average Bonchev–Trinajstić information content (AvgIpc) is 3.50. The summed E-state index contributed by atoms with van der Waals surface area (Å²) < 4.78 is 2.29. The van der Waals surface area contributed by atoms with Gasteiger partial charge in [-0.15, -0.1) is 0 Å². The molecule has 8 aromatic carbocycles. The van der Waals surface area contributed by atoms with Gasteiger partial charge in [-0.25, -0.2) is 9.83 Å². The Morgan fingerprint density at radius 3 is 1.69 bits per heavy atom. The van der Waals surface area contributed by atoms with Crippen LogP contribution in [0, 0.1) is 6.57 Å². The summed E-state index contributed by atoms with van der Waals surface area (Å²) in [5.74, 6) is 0. The third-order valence-corrected chi connectivity index (χ3v) is 9.96. The number of aromatic nitrogens is 2. The molecule has 0 bridgehead atoms. The predicted molar refractivity (Wildman–Crippen MR) is 206 cm³/mol. The lowest BCUT2D eigenvalue weighted by Crippen LogP contribution is -1.93. The second-order valence-corrected chi connectivity index (χ2v) is 12.6. The molecule has 226 valence electrons. The van der Waals surface area contributed by atoms with E-state index >= 15 is 0 Å². The van der Waals surface area contributed by atoms with Gasteiger partial charge in [0.05, 0.1) is 28.8 Å². The highest BCUT2D eigenvalue weighted by Crippen LogP contribution is 2.43. The lowest BCUT2D eigenvalue weighted by atomic mass is 9.89. The summed E-state index contributed by atoms with van der Waals surface area (Å²) >= 11 is 0. The molecule has 3 nitrogen and oxygen atoms in total. The van der Waals surface area contributed by atoms with E-state index in [0.29, 0.717) is 5.69 Å². The van der Waals surface area contributed by atoms with Gasteiger partial charge < -0.3 is 4.57 Å². The van der Waals surface area contributed by atoms with Gasteiger partial charge in [0.15, 0.2) is 5.69 Å². The first-order chi connectivity index (χ1) is 24.3. The maximum absolute atomic E-state index is 7.66. The molecule has 0 saturated heterocycles. The van der Waals surface area contributed by atoms with Crippen LogP contribution in [-0.2, 0) is 0 Å². The minimum atomic E-state index is 0.643. The van der Waals surface area contributed by atoms with E-state index in [1.165, 1.54) is 37.7 Å². The number of hydrogen-bond donors (Lipinski definition) is 0. The first-order valence-electron chi connectivity index (χ1n) is 16.5. The highest BCUT2D eigenvalue weighted by molar-refractivity contribution is 6.33. The number of pyridine rings is 1. The molecule has 0 fully saturated rings. The number of nitrogens with zero attached hydrogens (tertiary/aromatic N) is 3. The Kier molecular flexibility index (Phi) is 5.94. The van der Waals surface area contributed by atoms with Crippen molar-refractivity contribution < 1.29 is 0 Å². The zero-order valence-electron chi connectivity index (χ0n) is 26.4. The Morgan fingerprint density at radius 2 is 0.980 bits per heavy atom. The van der Waals surface area contributed by atoms with E-state index in [9.17, 15) is 0 Å². The van der Waals surface area contributed by atoms with Crippen molar-refractivity contribution in [1.29, 1.82) is 0 Å². The number of benzene rings is 8. The zero-order valence-corrected chi connectivity index (χ0v) is 26.4. The van der Waals surface area contributed by atoms with Crippen molar-refractivity contribution in [2.75, 3.05) is 0 Å². The molecular weight excluding hydrogens is 595 g/mol. The average molecular weight is 622 g/mol. The van der Waals surface area contributed by atoms with E-state index in [-0.39, 0.29) is 0 Å². The number of rotatable bonds is 3. The van der Waals surface area contributed by atoms with Crippen LogP contribution in [0.5, 0.6) is 0 Å². The van der Waals surface area contributed by atoms with Crippen LogP contribution < -0.4 is 0 Å². The van der Waals surface area contributed by atoms with Gasteiger partial charge in [-0.2, -0.15) is 0 Å². The van der Waals surface area contributed by atoms with Gasteiger partial charge in [-0.05, 0) is 80.5 Å². The molecule has 3 heteroatoms. The predicted octanol–water partition coefficient (Wildman–Crippen LogP) is 12.7. The molecule has 0 N–H and O–H groups in total. The van der Waals surface area contributed by atoms with Crippen LogP contribution in [0.1, 0.15) is 0 Å². The first-order valence-corrected chi connectivity index (χ1v) is 16.5. The molecule has 10 rings (SSSR count). The van der Waals surface area contributed by atoms with Crippen LogP contribution in [0.2, 0.25) is 0 Å². The molecule has 0 unspecified atom stereocenters. The van der Waals surface area contributed by atoms with Crippen molar-refractivity contribution in [3.63, 3.8) is 0 Å². The molecule has 0 aliphatic heterocycles. The van der Waals surface area contributed by atoms with Crippen molar-refractivity contribution >= 4 is 70.7 Å². The number of hydrogen-bond acceptors (Lipinski definition) is 1. The molecular formula is C46H27N3. The van der Waals surface area contributed by atoms with E-state index in [2.05, 4.69) is 155 Å². The van der Waals surface area contributed by atoms with Crippen molar-refractivity contribution in [3.8, 4) is 28.1 Å². The third-order valence-electron chi connectivity index (χ3n) is 9.96. The van der Waals surface area contributed by atoms with Crippen molar-refractivity contribution in [2.45, 2.75) is 0 Å². The van der Waals surface area contributed by atoms with Gasteiger partial charge >= 0.3 is 0 Å². The molecule has 49 heavy (non-hydrogen) atoms. The van der Waals surface area contributed by atoms with Gasteiger partial charge in [0.1, 0.15) is 0 Å². The normalized spacial score (nSPS) is 11.7. The summed E-state index contributed by atoms with van der Waals surface area (Å²) in [6.07, 6.45) is 0. The summed E-state index contributed by atoms with van der Waals surface area (Å²) in [6, 6.07) is 57.9. The van der Waals surface area contributed by atoms with Crippen molar-refractivity contribution in [2.24, 2.45) is 0 Å². The molecule has 2 heterocycles. The summed E-state index contributed by atoms with van der Waals surface area (Å²) in [6.45, 7) is 7.66. The molecule has 0 aliphatic carbocycles. The Morgan fingerprint density at radius 1 is 0.429 bits per heavy atom. The standard InChI is InChI=1S/C46H27N3/c1-47-32-24-26-43-40(28-32)39-27-31(23-25-42(39)49(43)33-11-3-2-4-12-33)29-19-21-30(22-20-29)46-45-37-16-8-6-14-35(37)34-13-5-7-15-36(34)44(45)38-17-9-10-18-41(38)48-46/h2-28H. The Bertz CT molecular complexity index is 2980. The fraction of sp³-hybridized carbons (Fsp3) is 0. The fourth-order valence-corrected chi connectivity index (χ4v) is 7.77. The number of fused-ring (bicyclic) bond motifs is 11. The minimum absolute atomic E-state index is 0.643. The third kappa shape index (κ3) is 4.11. The lowest BCUT2D eigenvalue weighted by Gasteiger charge is -2.16. The Balaban J connectivity index is 1.18. The minimum Gasteiger partial charge on any atom is -0.309 e. The molecule has 0 atom stereocenters. The fourth-order valence-electron chi connectivity index (χ4n) is 7.77. The summed E-state index contributed by atoms with van der Waals surface area (Å²) in [7, 11) is 0.